The first kappa shape index (κ1) is 22.9. The van der Waals surface area contributed by atoms with Crippen molar-refractivity contribution in [3.05, 3.63) is 48.5 Å². The van der Waals surface area contributed by atoms with Crippen molar-refractivity contribution in [3.63, 3.8) is 0 Å². The molecule has 2 aromatic rings. The van der Waals surface area contributed by atoms with Gasteiger partial charge in [0, 0.05) is 0 Å². The number of carbonyl (C=O) groups is 1. The van der Waals surface area contributed by atoms with E-state index in [-0.39, 0.29) is 12.3 Å². The van der Waals surface area contributed by atoms with Gasteiger partial charge >= 0.3 is 5.97 Å². The number of hydrogen-bond acceptors (Lipinski definition) is 3. The minimum atomic E-state index is -1.59. The second-order valence-corrected chi connectivity index (χ2v) is 7.83. The summed E-state index contributed by atoms with van der Waals surface area (Å²) in [5, 5.41) is 0. The van der Waals surface area contributed by atoms with Crippen molar-refractivity contribution in [3.8, 4) is 22.6 Å². The molecule has 0 aromatic heterocycles. The number of hydrogen-bond donors (Lipinski definition) is 0. The lowest BCUT2D eigenvalue weighted by Crippen LogP contribution is -2.23. The molecule has 158 valence electrons. The molecule has 0 N–H and O–H groups in total. The first-order valence-electron chi connectivity index (χ1n) is 10.7. The highest BCUT2D eigenvalue weighted by Gasteiger charge is 2.20. The summed E-state index contributed by atoms with van der Waals surface area (Å²) in [6.45, 7) is 6.71. The normalized spacial score (nSPS) is 12.0. The van der Waals surface area contributed by atoms with Crippen LogP contribution in [0, 0.1) is 5.92 Å². The lowest BCUT2D eigenvalue weighted by Gasteiger charge is -2.11. The standard InChI is InChI=1S/C25H33FO3/c1-4-5-6-7-8-17-28-22-13-9-20(10-14-22)21-11-15-23(16-12-21)29-25(27)24(26)18-19(2)3/h9-16,19,24H,4-8,17-18H2,1-3H3. The molecule has 0 radical (unpaired) electrons. The topological polar surface area (TPSA) is 35.5 Å². The Morgan fingerprint density at radius 3 is 1.97 bits per heavy atom. The van der Waals surface area contributed by atoms with Gasteiger partial charge in [0.25, 0.3) is 0 Å². The van der Waals surface area contributed by atoms with Gasteiger partial charge < -0.3 is 9.47 Å². The van der Waals surface area contributed by atoms with Crippen molar-refractivity contribution in [2.45, 2.75) is 65.5 Å². The largest absolute Gasteiger partial charge is 0.494 e. The predicted octanol–water partition coefficient (Wildman–Crippen LogP) is 6.99. The van der Waals surface area contributed by atoms with Gasteiger partial charge in [0.15, 0.2) is 6.17 Å². The molecular formula is C25H33FO3. The van der Waals surface area contributed by atoms with Crippen LogP contribution in [-0.4, -0.2) is 18.7 Å². The Balaban J connectivity index is 1.84. The summed E-state index contributed by atoms with van der Waals surface area (Å²) in [6.07, 6.45) is 4.69. The maximum atomic E-state index is 13.8. The van der Waals surface area contributed by atoms with Crippen molar-refractivity contribution in [2.24, 2.45) is 5.92 Å². The van der Waals surface area contributed by atoms with E-state index in [2.05, 4.69) is 6.92 Å². The number of esters is 1. The zero-order valence-electron chi connectivity index (χ0n) is 17.8. The SMILES string of the molecule is CCCCCCCOc1ccc(-c2ccc(OC(=O)C(F)CC(C)C)cc2)cc1. The van der Waals surface area contributed by atoms with Gasteiger partial charge in [0.1, 0.15) is 11.5 Å². The van der Waals surface area contributed by atoms with E-state index >= 15 is 0 Å². The van der Waals surface area contributed by atoms with Gasteiger partial charge in [-0.1, -0.05) is 70.7 Å². The Bertz CT molecular complexity index is 723. The van der Waals surface area contributed by atoms with E-state index in [1.165, 1.54) is 25.7 Å². The third-order valence-electron chi connectivity index (χ3n) is 4.71. The van der Waals surface area contributed by atoms with Crippen LogP contribution in [0.25, 0.3) is 11.1 Å². The van der Waals surface area contributed by atoms with E-state index in [1.54, 1.807) is 12.1 Å². The van der Waals surface area contributed by atoms with Crippen molar-refractivity contribution >= 4 is 5.97 Å². The molecule has 0 aliphatic carbocycles. The molecule has 3 nitrogen and oxygen atoms in total. The Kier molecular flexibility index (Phi) is 9.69. The third kappa shape index (κ3) is 8.26. The number of benzene rings is 2. The van der Waals surface area contributed by atoms with E-state index in [9.17, 15) is 9.18 Å². The fourth-order valence-electron chi connectivity index (χ4n) is 3.04. The average molecular weight is 401 g/mol. The number of carbonyl (C=O) groups excluding carboxylic acids is 1. The van der Waals surface area contributed by atoms with Crippen LogP contribution in [0.3, 0.4) is 0 Å². The first-order chi connectivity index (χ1) is 14.0. The smallest absolute Gasteiger partial charge is 0.346 e. The lowest BCUT2D eigenvalue weighted by molar-refractivity contribution is -0.140. The molecule has 0 aliphatic rings. The van der Waals surface area contributed by atoms with E-state index in [1.807, 2.05) is 50.2 Å². The van der Waals surface area contributed by atoms with Crippen LogP contribution in [0.15, 0.2) is 48.5 Å². The Labute approximate surface area is 174 Å². The second kappa shape index (κ2) is 12.3. The Hall–Kier alpha value is -2.36. The zero-order valence-corrected chi connectivity index (χ0v) is 17.8. The van der Waals surface area contributed by atoms with Gasteiger partial charge in [-0.05, 0) is 54.2 Å². The Morgan fingerprint density at radius 2 is 1.41 bits per heavy atom. The highest BCUT2D eigenvalue weighted by atomic mass is 19.1. The summed E-state index contributed by atoms with van der Waals surface area (Å²) in [5.41, 5.74) is 2.04. The summed E-state index contributed by atoms with van der Waals surface area (Å²) in [7, 11) is 0. The number of halogens is 1. The van der Waals surface area contributed by atoms with Crippen molar-refractivity contribution < 1.29 is 18.7 Å². The molecule has 2 rings (SSSR count). The molecule has 0 heterocycles. The highest BCUT2D eigenvalue weighted by molar-refractivity contribution is 5.77. The van der Waals surface area contributed by atoms with Gasteiger partial charge in [-0.2, -0.15) is 0 Å². The molecule has 0 bridgehead atoms. The molecule has 1 unspecified atom stereocenters. The molecule has 0 fully saturated rings. The van der Waals surface area contributed by atoms with Crippen molar-refractivity contribution in [1.82, 2.24) is 0 Å². The molecule has 4 heteroatoms. The molecular weight excluding hydrogens is 367 g/mol. The van der Waals surface area contributed by atoms with Gasteiger partial charge in [-0.25, -0.2) is 9.18 Å². The van der Waals surface area contributed by atoms with Crippen LogP contribution < -0.4 is 9.47 Å². The van der Waals surface area contributed by atoms with E-state index in [0.717, 1.165) is 29.9 Å². The zero-order chi connectivity index (χ0) is 21.1. The fraction of sp³-hybridized carbons (Fsp3) is 0.480. The molecule has 29 heavy (non-hydrogen) atoms. The summed E-state index contributed by atoms with van der Waals surface area (Å²) >= 11 is 0. The Morgan fingerprint density at radius 1 is 0.862 bits per heavy atom. The van der Waals surface area contributed by atoms with Gasteiger partial charge in [-0.15, -0.1) is 0 Å². The minimum Gasteiger partial charge on any atom is -0.494 e. The predicted molar refractivity (Wildman–Crippen MR) is 116 cm³/mol. The van der Waals surface area contributed by atoms with Crippen LogP contribution in [0.5, 0.6) is 11.5 Å². The number of alkyl halides is 1. The van der Waals surface area contributed by atoms with Gasteiger partial charge in [0.05, 0.1) is 6.61 Å². The maximum absolute atomic E-state index is 13.8. The van der Waals surface area contributed by atoms with Gasteiger partial charge in [0.2, 0.25) is 0 Å². The molecule has 0 saturated heterocycles. The lowest BCUT2D eigenvalue weighted by atomic mass is 10.1. The van der Waals surface area contributed by atoms with E-state index in [0.29, 0.717) is 5.75 Å². The molecule has 2 aromatic carbocycles. The first-order valence-corrected chi connectivity index (χ1v) is 10.7. The molecule has 1 atom stereocenters. The number of ether oxygens (including phenoxy) is 2. The third-order valence-corrected chi connectivity index (χ3v) is 4.71. The van der Waals surface area contributed by atoms with Crippen LogP contribution in [-0.2, 0) is 4.79 Å². The summed E-state index contributed by atoms with van der Waals surface area (Å²) < 4.78 is 24.7. The van der Waals surface area contributed by atoms with Crippen molar-refractivity contribution in [2.75, 3.05) is 6.61 Å². The summed E-state index contributed by atoms with van der Waals surface area (Å²) in [5.74, 6) is 0.498. The summed E-state index contributed by atoms with van der Waals surface area (Å²) in [6, 6.07) is 15.1. The van der Waals surface area contributed by atoms with E-state index < -0.39 is 12.1 Å². The molecule has 0 aliphatic heterocycles. The van der Waals surface area contributed by atoms with Gasteiger partial charge in [-0.3, -0.25) is 0 Å². The quantitative estimate of drug-likeness (QED) is 0.219. The van der Waals surface area contributed by atoms with Crippen LogP contribution >= 0.6 is 0 Å². The summed E-state index contributed by atoms with van der Waals surface area (Å²) in [4.78, 5) is 11.8. The number of rotatable bonds is 12. The maximum Gasteiger partial charge on any atom is 0.346 e. The fourth-order valence-corrected chi connectivity index (χ4v) is 3.04. The second-order valence-electron chi connectivity index (χ2n) is 7.83. The molecule has 0 amide bonds. The van der Waals surface area contributed by atoms with Crippen molar-refractivity contribution in [1.29, 1.82) is 0 Å². The molecule has 0 saturated carbocycles. The average Bonchev–Trinajstić information content (AvgIpc) is 2.71. The van der Waals surface area contributed by atoms with Crippen LogP contribution in [0.1, 0.15) is 59.3 Å². The minimum absolute atomic E-state index is 0.105. The van der Waals surface area contributed by atoms with Crippen LogP contribution in [0.4, 0.5) is 4.39 Å². The number of unbranched alkanes of at least 4 members (excludes halogenated alkanes) is 4. The van der Waals surface area contributed by atoms with E-state index in [4.69, 9.17) is 9.47 Å². The molecule has 0 spiro atoms. The highest BCUT2D eigenvalue weighted by Crippen LogP contribution is 2.25. The van der Waals surface area contributed by atoms with Crippen LogP contribution in [0.2, 0.25) is 0 Å². The monoisotopic (exact) mass is 400 g/mol.